The zero-order valence-corrected chi connectivity index (χ0v) is 12.2. The minimum Gasteiger partial charge on any atom is -0.117 e. The number of hydrogen-bond donors (Lipinski definition) is 0. The summed E-state index contributed by atoms with van der Waals surface area (Å²) in [6, 6.07) is 13.6. The lowest BCUT2D eigenvalue weighted by atomic mass is 10.00. The molecule has 0 heterocycles. The van der Waals surface area contributed by atoms with Gasteiger partial charge in [-0.1, -0.05) is 47.5 Å². The third kappa shape index (κ3) is 3.20. The summed E-state index contributed by atoms with van der Waals surface area (Å²) in [5, 5.41) is 1.39. The summed E-state index contributed by atoms with van der Waals surface area (Å²) in [7, 11) is 0. The molecule has 1 atom stereocenters. The molecule has 0 radical (unpaired) electrons. The lowest BCUT2D eigenvalue weighted by Gasteiger charge is -2.14. The van der Waals surface area contributed by atoms with E-state index in [1.807, 2.05) is 49.4 Å². The summed E-state index contributed by atoms with van der Waals surface area (Å²) in [6.45, 7) is 1.99. The third-order valence-electron chi connectivity index (χ3n) is 2.95. The second-order valence-corrected chi connectivity index (χ2v) is 5.63. The lowest BCUT2D eigenvalue weighted by molar-refractivity contribution is 0.910. The molecule has 2 aromatic rings. The largest absolute Gasteiger partial charge is 0.117 e. The fourth-order valence-electron chi connectivity index (χ4n) is 1.94. The van der Waals surface area contributed by atoms with Crippen LogP contribution in [0, 0.1) is 6.92 Å². The van der Waals surface area contributed by atoms with Crippen molar-refractivity contribution in [1.29, 1.82) is 0 Å². The predicted molar refractivity (Wildman–Crippen MR) is 79.9 cm³/mol. The van der Waals surface area contributed by atoms with Gasteiger partial charge in [-0.25, -0.2) is 0 Å². The van der Waals surface area contributed by atoms with Crippen LogP contribution in [0.2, 0.25) is 10.0 Å². The van der Waals surface area contributed by atoms with Crippen molar-refractivity contribution in [1.82, 2.24) is 0 Å². The van der Waals surface area contributed by atoms with Crippen LogP contribution in [-0.2, 0) is 6.42 Å². The summed E-state index contributed by atoms with van der Waals surface area (Å²) >= 11 is 18.5. The zero-order chi connectivity index (χ0) is 13.1. The first kappa shape index (κ1) is 13.7. The van der Waals surface area contributed by atoms with Gasteiger partial charge in [-0.15, -0.1) is 11.6 Å². The van der Waals surface area contributed by atoms with Crippen LogP contribution in [0.5, 0.6) is 0 Å². The Morgan fingerprint density at radius 2 is 1.78 bits per heavy atom. The Kier molecular flexibility index (Phi) is 4.55. The maximum absolute atomic E-state index is 6.47. The highest BCUT2D eigenvalue weighted by atomic mass is 35.5. The molecule has 0 saturated carbocycles. The second kappa shape index (κ2) is 5.97. The minimum atomic E-state index is -0.0952. The molecule has 0 aliphatic heterocycles. The number of hydrogen-bond acceptors (Lipinski definition) is 0. The van der Waals surface area contributed by atoms with Gasteiger partial charge in [0.15, 0.2) is 0 Å². The highest BCUT2D eigenvalue weighted by Crippen LogP contribution is 2.31. The monoisotopic (exact) mass is 298 g/mol. The van der Waals surface area contributed by atoms with Crippen LogP contribution >= 0.6 is 34.8 Å². The summed E-state index contributed by atoms with van der Waals surface area (Å²) < 4.78 is 0. The van der Waals surface area contributed by atoms with Crippen molar-refractivity contribution in [2.75, 3.05) is 0 Å². The molecule has 0 aliphatic rings. The Labute approximate surface area is 122 Å². The molecule has 3 heteroatoms. The van der Waals surface area contributed by atoms with Crippen molar-refractivity contribution in [2.45, 2.75) is 18.7 Å². The van der Waals surface area contributed by atoms with Gasteiger partial charge in [-0.05, 0) is 48.2 Å². The van der Waals surface area contributed by atoms with Crippen molar-refractivity contribution in [3.05, 3.63) is 69.2 Å². The molecule has 0 amide bonds. The molecule has 0 bridgehead atoms. The van der Waals surface area contributed by atoms with Crippen LogP contribution in [0.1, 0.15) is 22.1 Å². The van der Waals surface area contributed by atoms with Gasteiger partial charge in [0.2, 0.25) is 0 Å². The van der Waals surface area contributed by atoms with Crippen molar-refractivity contribution in [2.24, 2.45) is 0 Å². The fourth-order valence-corrected chi connectivity index (χ4v) is 2.75. The van der Waals surface area contributed by atoms with Crippen molar-refractivity contribution < 1.29 is 0 Å². The first-order chi connectivity index (χ1) is 8.58. The van der Waals surface area contributed by atoms with Crippen LogP contribution in [0.25, 0.3) is 0 Å². The van der Waals surface area contributed by atoms with E-state index < -0.39 is 0 Å². The van der Waals surface area contributed by atoms with E-state index in [0.717, 1.165) is 33.2 Å². The molecule has 1 unspecified atom stereocenters. The van der Waals surface area contributed by atoms with E-state index in [-0.39, 0.29) is 5.38 Å². The summed E-state index contributed by atoms with van der Waals surface area (Å²) in [6.07, 6.45) is 0.739. The third-order valence-corrected chi connectivity index (χ3v) is 3.98. The Morgan fingerprint density at radius 1 is 1.06 bits per heavy atom. The highest BCUT2D eigenvalue weighted by molar-refractivity contribution is 6.31. The molecule has 18 heavy (non-hydrogen) atoms. The van der Waals surface area contributed by atoms with Gasteiger partial charge in [0.25, 0.3) is 0 Å². The number of alkyl halides is 1. The second-order valence-electron chi connectivity index (χ2n) is 4.26. The lowest BCUT2D eigenvalue weighted by Crippen LogP contribution is -1.98. The smallest absolute Gasteiger partial charge is 0.0628 e. The number of rotatable bonds is 3. The molecule has 0 N–H and O–H groups in total. The van der Waals surface area contributed by atoms with Crippen molar-refractivity contribution in [3.8, 4) is 0 Å². The highest BCUT2D eigenvalue weighted by Gasteiger charge is 2.13. The molecule has 0 spiro atoms. The molecule has 2 aromatic carbocycles. The first-order valence-electron chi connectivity index (χ1n) is 5.71. The van der Waals surface area contributed by atoms with Gasteiger partial charge in [0.05, 0.1) is 5.38 Å². The SMILES string of the molecule is Cc1c(Cl)cccc1C(Cl)Cc1cccc(Cl)c1. The molecule has 94 valence electrons. The van der Waals surface area contributed by atoms with E-state index in [4.69, 9.17) is 34.8 Å². The molecule has 0 fully saturated rings. The molecular weight excluding hydrogens is 287 g/mol. The van der Waals surface area contributed by atoms with Gasteiger partial charge in [-0.2, -0.15) is 0 Å². The molecular formula is C15H13Cl3. The Morgan fingerprint density at radius 3 is 2.50 bits per heavy atom. The molecule has 0 saturated heterocycles. The Hall–Kier alpha value is -0.690. The van der Waals surface area contributed by atoms with E-state index >= 15 is 0 Å². The van der Waals surface area contributed by atoms with Crippen LogP contribution in [0.4, 0.5) is 0 Å². The van der Waals surface area contributed by atoms with Gasteiger partial charge in [-0.3, -0.25) is 0 Å². The van der Waals surface area contributed by atoms with E-state index in [1.165, 1.54) is 0 Å². The minimum absolute atomic E-state index is 0.0952. The van der Waals surface area contributed by atoms with Gasteiger partial charge < -0.3 is 0 Å². The fraction of sp³-hybridized carbons (Fsp3) is 0.200. The summed E-state index contributed by atoms with van der Waals surface area (Å²) in [4.78, 5) is 0. The van der Waals surface area contributed by atoms with Gasteiger partial charge in [0.1, 0.15) is 0 Å². The summed E-state index contributed by atoms with van der Waals surface area (Å²) in [5.74, 6) is 0. The number of benzene rings is 2. The van der Waals surface area contributed by atoms with E-state index in [2.05, 4.69) is 0 Å². The molecule has 2 rings (SSSR count). The average molecular weight is 300 g/mol. The number of halogens is 3. The summed E-state index contributed by atoms with van der Waals surface area (Å²) in [5.41, 5.74) is 3.24. The van der Waals surface area contributed by atoms with Crippen molar-refractivity contribution >= 4 is 34.8 Å². The van der Waals surface area contributed by atoms with E-state index in [1.54, 1.807) is 0 Å². The molecule has 0 nitrogen and oxygen atoms in total. The first-order valence-corrected chi connectivity index (χ1v) is 6.90. The van der Waals surface area contributed by atoms with Gasteiger partial charge >= 0.3 is 0 Å². The van der Waals surface area contributed by atoms with Crippen molar-refractivity contribution in [3.63, 3.8) is 0 Å². The predicted octanol–water partition coefficient (Wildman–Crippen LogP) is 5.82. The van der Waals surface area contributed by atoms with E-state index in [9.17, 15) is 0 Å². The van der Waals surface area contributed by atoms with Crippen LogP contribution in [0.3, 0.4) is 0 Å². The standard InChI is InChI=1S/C15H13Cl3/c1-10-13(6-3-7-14(10)17)15(18)9-11-4-2-5-12(16)8-11/h2-8,15H,9H2,1H3. The quantitative estimate of drug-likeness (QED) is 0.626. The normalized spacial score (nSPS) is 12.4. The van der Waals surface area contributed by atoms with Crippen LogP contribution < -0.4 is 0 Å². The maximum atomic E-state index is 6.47. The average Bonchev–Trinajstić information content (AvgIpc) is 2.32. The maximum Gasteiger partial charge on any atom is 0.0628 e. The van der Waals surface area contributed by atoms with Gasteiger partial charge in [0, 0.05) is 10.0 Å². The Bertz CT molecular complexity index is 549. The zero-order valence-electron chi connectivity index (χ0n) is 9.96. The topological polar surface area (TPSA) is 0 Å². The molecule has 0 aliphatic carbocycles. The van der Waals surface area contributed by atoms with Crippen LogP contribution in [-0.4, -0.2) is 0 Å². The van der Waals surface area contributed by atoms with E-state index in [0.29, 0.717) is 0 Å². The Balaban J connectivity index is 2.22. The van der Waals surface area contributed by atoms with Crippen LogP contribution in [0.15, 0.2) is 42.5 Å². The molecule has 0 aromatic heterocycles.